The normalized spacial score (nSPS) is 15.6. The smallest absolute Gasteiger partial charge is 0.261 e. The van der Waals surface area contributed by atoms with Gasteiger partial charge in [-0.05, 0) is 68.2 Å². The summed E-state index contributed by atoms with van der Waals surface area (Å²) < 4.78 is 6.66. The number of likely N-dealkylation sites (tertiary alicyclic amines) is 1. The SMILES string of the molecule is CC(Oc1ccc(Br)cc1)C(=O)NCc1ccc(CN2CCCC2)cc1. The molecule has 0 radical (unpaired) electrons. The second kappa shape index (κ2) is 9.19. The molecular weight excluding hydrogens is 392 g/mol. The predicted molar refractivity (Wildman–Crippen MR) is 107 cm³/mol. The lowest BCUT2D eigenvalue weighted by Crippen LogP contribution is -2.35. The molecule has 0 saturated carbocycles. The molecule has 2 aromatic rings. The number of hydrogen-bond acceptors (Lipinski definition) is 3. The van der Waals surface area contributed by atoms with Crippen molar-refractivity contribution >= 4 is 21.8 Å². The zero-order valence-electron chi connectivity index (χ0n) is 15.1. The van der Waals surface area contributed by atoms with Gasteiger partial charge in [0, 0.05) is 17.6 Å². The van der Waals surface area contributed by atoms with Gasteiger partial charge in [-0.2, -0.15) is 0 Å². The second-order valence-corrected chi connectivity index (χ2v) is 7.65. The number of hydrogen-bond donors (Lipinski definition) is 1. The lowest BCUT2D eigenvalue weighted by molar-refractivity contribution is -0.127. The lowest BCUT2D eigenvalue weighted by Gasteiger charge is -2.16. The molecule has 1 heterocycles. The minimum atomic E-state index is -0.536. The number of nitrogens with one attached hydrogen (secondary N) is 1. The van der Waals surface area contributed by atoms with E-state index in [0.717, 1.165) is 16.6 Å². The molecule has 1 saturated heterocycles. The van der Waals surface area contributed by atoms with Gasteiger partial charge in [0.1, 0.15) is 5.75 Å². The van der Waals surface area contributed by atoms with Gasteiger partial charge in [0.05, 0.1) is 0 Å². The predicted octanol–water partition coefficient (Wildman–Crippen LogP) is 4.13. The van der Waals surface area contributed by atoms with Crippen LogP contribution in [0.3, 0.4) is 0 Å². The van der Waals surface area contributed by atoms with E-state index in [1.807, 2.05) is 24.3 Å². The van der Waals surface area contributed by atoms with Gasteiger partial charge in [0.15, 0.2) is 6.10 Å². The summed E-state index contributed by atoms with van der Waals surface area (Å²) in [4.78, 5) is 14.7. The van der Waals surface area contributed by atoms with Gasteiger partial charge in [0.25, 0.3) is 5.91 Å². The standard InChI is InChI=1S/C21H25BrN2O2/c1-16(26-20-10-8-19(22)9-11-20)21(25)23-14-17-4-6-18(7-5-17)15-24-12-2-3-13-24/h4-11,16H,2-3,12-15H2,1H3,(H,23,25). The number of benzene rings is 2. The van der Waals surface area contributed by atoms with Crippen molar-refractivity contribution in [3.05, 3.63) is 64.1 Å². The summed E-state index contributed by atoms with van der Waals surface area (Å²) in [5.41, 5.74) is 2.42. The first kappa shape index (κ1) is 18.9. The van der Waals surface area contributed by atoms with E-state index >= 15 is 0 Å². The fraction of sp³-hybridized carbons (Fsp3) is 0.381. The Kier molecular flexibility index (Phi) is 6.69. The summed E-state index contributed by atoms with van der Waals surface area (Å²) in [6, 6.07) is 16.0. The molecule has 1 N–H and O–H groups in total. The molecule has 1 fully saturated rings. The van der Waals surface area contributed by atoms with Crippen molar-refractivity contribution in [2.24, 2.45) is 0 Å². The highest BCUT2D eigenvalue weighted by molar-refractivity contribution is 9.10. The number of halogens is 1. The zero-order valence-corrected chi connectivity index (χ0v) is 16.7. The average molecular weight is 417 g/mol. The van der Waals surface area contributed by atoms with Gasteiger partial charge in [-0.15, -0.1) is 0 Å². The Bertz CT molecular complexity index is 710. The molecule has 1 atom stereocenters. The zero-order chi connectivity index (χ0) is 18.4. The van der Waals surface area contributed by atoms with Gasteiger partial charge >= 0.3 is 0 Å². The van der Waals surface area contributed by atoms with Crippen LogP contribution in [0.2, 0.25) is 0 Å². The fourth-order valence-electron chi connectivity index (χ4n) is 3.07. The molecule has 138 valence electrons. The first-order valence-electron chi connectivity index (χ1n) is 9.10. The van der Waals surface area contributed by atoms with Crippen LogP contribution in [0.25, 0.3) is 0 Å². The van der Waals surface area contributed by atoms with Gasteiger partial charge in [-0.1, -0.05) is 40.2 Å². The maximum absolute atomic E-state index is 12.2. The third-order valence-corrected chi connectivity index (χ3v) is 5.12. The second-order valence-electron chi connectivity index (χ2n) is 6.73. The van der Waals surface area contributed by atoms with Crippen molar-refractivity contribution in [3.63, 3.8) is 0 Å². The van der Waals surface area contributed by atoms with Crippen LogP contribution in [0.5, 0.6) is 5.75 Å². The van der Waals surface area contributed by atoms with Crippen molar-refractivity contribution < 1.29 is 9.53 Å². The van der Waals surface area contributed by atoms with Crippen LogP contribution in [0.1, 0.15) is 30.9 Å². The molecule has 5 heteroatoms. The third-order valence-electron chi connectivity index (χ3n) is 4.59. The Morgan fingerprint density at radius 1 is 1.08 bits per heavy atom. The van der Waals surface area contributed by atoms with E-state index in [0.29, 0.717) is 12.3 Å². The Morgan fingerprint density at radius 3 is 2.35 bits per heavy atom. The van der Waals surface area contributed by atoms with Crippen LogP contribution in [0.4, 0.5) is 0 Å². The van der Waals surface area contributed by atoms with Crippen LogP contribution in [0.15, 0.2) is 53.0 Å². The van der Waals surface area contributed by atoms with Crippen LogP contribution in [-0.4, -0.2) is 30.0 Å². The van der Waals surface area contributed by atoms with E-state index in [4.69, 9.17) is 4.74 Å². The maximum Gasteiger partial charge on any atom is 0.261 e. The van der Waals surface area contributed by atoms with Crippen molar-refractivity contribution in [1.29, 1.82) is 0 Å². The topological polar surface area (TPSA) is 41.6 Å². The number of carbonyl (C=O) groups is 1. The molecule has 0 bridgehead atoms. The molecule has 1 amide bonds. The van der Waals surface area contributed by atoms with Gasteiger partial charge in [0.2, 0.25) is 0 Å². The number of nitrogens with zero attached hydrogens (tertiary/aromatic N) is 1. The summed E-state index contributed by atoms with van der Waals surface area (Å²) in [6.07, 6.45) is 2.08. The average Bonchev–Trinajstić information content (AvgIpc) is 3.16. The number of ether oxygens (including phenoxy) is 1. The number of carbonyl (C=O) groups excluding carboxylic acids is 1. The van der Waals surface area contributed by atoms with E-state index in [9.17, 15) is 4.79 Å². The van der Waals surface area contributed by atoms with Crippen LogP contribution >= 0.6 is 15.9 Å². The summed E-state index contributed by atoms with van der Waals surface area (Å²) >= 11 is 3.38. The van der Waals surface area contributed by atoms with Gasteiger partial charge in [-0.25, -0.2) is 0 Å². The minimum absolute atomic E-state index is 0.117. The Labute approximate surface area is 163 Å². The summed E-state index contributed by atoms with van der Waals surface area (Å²) in [6.45, 7) is 5.69. The molecule has 4 nitrogen and oxygen atoms in total. The first-order valence-corrected chi connectivity index (χ1v) is 9.89. The van der Waals surface area contributed by atoms with E-state index < -0.39 is 6.10 Å². The lowest BCUT2D eigenvalue weighted by atomic mass is 10.1. The van der Waals surface area contributed by atoms with E-state index in [1.165, 1.54) is 31.5 Å². The van der Waals surface area contributed by atoms with Gasteiger partial charge < -0.3 is 10.1 Å². The molecule has 1 unspecified atom stereocenters. The molecule has 2 aromatic carbocycles. The van der Waals surface area contributed by atoms with E-state index in [-0.39, 0.29) is 5.91 Å². The van der Waals surface area contributed by atoms with Crippen LogP contribution in [0, 0.1) is 0 Å². The number of rotatable bonds is 7. The monoisotopic (exact) mass is 416 g/mol. The molecule has 26 heavy (non-hydrogen) atoms. The van der Waals surface area contributed by atoms with E-state index in [1.54, 1.807) is 6.92 Å². The first-order chi connectivity index (χ1) is 12.6. The van der Waals surface area contributed by atoms with Crippen molar-refractivity contribution in [1.82, 2.24) is 10.2 Å². The highest BCUT2D eigenvalue weighted by Crippen LogP contribution is 2.17. The molecule has 0 aliphatic carbocycles. The van der Waals surface area contributed by atoms with Crippen LogP contribution in [-0.2, 0) is 17.9 Å². The van der Waals surface area contributed by atoms with Crippen molar-refractivity contribution in [3.8, 4) is 5.75 Å². The van der Waals surface area contributed by atoms with Crippen LogP contribution < -0.4 is 10.1 Å². The molecule has 0 spiro atoms. The molecule has 0 aromatic heterocycles. The quantitative estimate of drug-likeness (QED) is 0.737. The highest BCUT2D eigenvalue weighted by atomic mass is 79.9. The molecule has 1 aliphatic heterocycles. The molecule has 3 rings (SSSR count). The summed E-state index contributed by atoms with van der Waals surface area (Å²) in [5, 5.41) is 2.94. The van der Waals surface area contributed by atoms with Gasteiger partial charge in [-0.3, -0.25) is 9.69 Å². The van der Waals surface area contributed by atoms with Crippen molar-refractivity contribution in [2.75, 3.05) is 13.1 Å². The van der Waals surface area contributed by atoms with E-state index in [2.05, 4.69) is 50.4 Å². The third kappa shape index (κ3) is 5.58. The number of amides is 1. The summed E-state index contributed by atoms with van der Waals surface area (Å²) in [7, 11) is 0. The Hall–Kier alpha value is -1.85. The highest BCUT2D eigenvalue weighted by Gasteiger charge is 2.14. The minimum Gasteiger partial charge on any atom is -0.481 e. The Morgan fingerprint density at radius 2 is 1.69 bits per heavy atom. The molecule has 1 aliphatic rings. The fourth-order valence-corrected chi connectivity index (χ4v) is 3.33. The Balaban J connectivity index is 1.45. The summed E-state index contributed by atoms with van der Waals surface area (Å²) in [5.74, 6) is 0.566. The largest absolute Gasteiger partial charge is 0.481 e. The molecular formula is C21H25BrN2O2. The van der Waals surface area contributed by atoms with Crippen molar-refractivity contribution in [2.45, 2.75) is 39.0 Å². The maximum atomic E-state index is 12.2.